The topological polar surface area (TPSA) is 12.9 Å². The summed E-state index contributed by atoms with van der Waals surface area (Å²) in [6, 6.07) is 34.8. The maximum atomic E-state index is 7.68. The van der Waals surface area contributed by atoms with Crippen LogP contribution in [0, 0.1) is 0 Å². The summed E-state index contributed by atoms with van der Waals surface area (Å²) in [5.41, 5.74) is 8.25. The number of alkyl halides is 1. The first kappa shape index (κ1) is 18.6. The third kappa shape index (κ3) is 2.67. The lowest BCUT2D eigenvalue weighted by Crippen LogP contribution is -2.19. The van der Waals surface area contributed by atoms with E-state index in [2.05, 4.69) is 48.5 Å². The maximum Gasteiger partial charge on any atom is 0.121 e. The molecule has 1 heterocycles. The molecular formula is C28H17Cl2N. The molecule has 148 valence electrons. The van der Waals surface area contributed by atoms with Gasteiger partial charge in [0.1, 0.15) is 4.87 Å². The van der Waals surface area contributed by atoms with E-state index in [1.165, 1.54) is 0 Å². The van der Waals surface area contributed by atoms with Gasteiger partial charge in [0.15, 0.2) is 0 Å². The van der Waals surface area contributed by atoms with Gasteiger partial charge >= 0.3 is 0 Å². The zero-order chi connectivity index (χ0) is 21.0. The van der Waals surface area contributed by atoms with Crippen LogP contribution in [0.5, 0.6) is 0 Å². The lowest BCUT2D eigenvalue weighted by Gasteiger charge is -2.27. The second-order valence-corrected chi connectivity index (χ2v) is 8.81. The zero-order valence-corrected chi connectivity index (χ0v) is 18.0. The summed E-state index contributed by atoms with van der Waals surface area (Å²) >= 11 is 14.1. The van der Waals surface area contributed by atoms with Gasteiger partial charge in [0, 0.05) is 27.1 Å². The highest BCUT2D eigenvalue weighted by Crippen LogP contribution is 2.59. The van der Waals surface area contributed by atoms with Crippen molar-refractivity contribution in [1.29, 1.82) is 0 Å². The Morgan fingerprint density at radius 1 is 0.710 bits per heavy atom. The van der Waals surface area contributed by atoms with E-state index in [0.29, 0.717) is 5.02 Å². The van der Waals surface area contributed by atoms with E-state index in [-0.39, 0.29) is 0 Å². The summed E-state index contributed by atoms with van der Waals surface area (Å²) in [7, 11) is 0. The summed E-state index contributed by atoms with van der Waals surface area (Å²) in [6.45, 7) is 0. The smallest absolute Gasteiger partial charge is 0.121 e. The Bertz CT molecular complexity index is 1440. The van der Waals surface area contributed by atoms with Crippen LogP contribution in [-0.4, -0.2) is 4.98 Å². The van der Waals surface area contributed by atoms with Gasteiger partial charge in [-0.1, -0.05) is 96.5 Å². The number of nitrogens with zero attached hydrogens (tertiary/aromatic N) is 1. The minimum Gasteiger partial charge on any atom is -0.247 e. The number of halogens is 2. The van der Waals surface area contributed by atoms with Crippen LogP contribution < -0.4 is 0 Å². The molecule has 0 radical (unpaired) electrons. The van der Waals surface area contributed by atoms with E-state index >= 15 is 0 Å². The van der Waals surface area contributed by atoms with E-state index < -0.39 is 4.87 Å². The number of fused-ring (bicyclic) bond motifs is 5. The van der Waals surface area contributed by atoms with Crippen molar-refractivity contribution in [2.24, 2.45) is 0 Å². The van der Waals surface area contributed by atoms with Crippen molar-refractivity contribution in [3.63, 3.8) is 0 Å². The van der Waals surface area contributed by atoms with Gasteiger partial charge in [-0.25, -0.2) is 4.98 Å². The Kier molecular flexibility index (Phi) is 4.17. The maximum absolute atomic E-state index is 7.68. The lowest BCUT2D eigenvalue weighted by molar-refractivity contribution is 0.920. The van der Waals surface area contributed by atoms with E-state index in [0.717, 1.165) is 50.0 Å². The molecule has 1 aromatic heterocycles. The SMILES string of the molecule is Clc1ccc2nc(-c3ccccc3)c3c(c2c1)C(Cl)(c1ccccc1)c1ccccc1-3. The van der Waals surface area contributed by atoms with Crippen molar-refractivity contribution >= 4 is 34.1 Å². The molecule has 0 aliphatic heterocycles. The molecule has 0 fully saturated rings. The van der Waals surface area contributed by atoms with E-state index in [4.69, 9.17) is 28.2 Å². The Morgan fingerprint density at radius 2 is 1.39 bits per heavy atom. The Labute approximate surface area is 190 Å². The third-order valence-corrected chi connectivity index (χ3v) is 6.92. The van der Waals surface area contributed by atoms with E-state index in [1.807, 2.05) is 54.6 Å². The van der Waals surface area contributed by atoms with Crippen LogP contribution >= 0.6 is 23.2 Å². The zero-order valence-electron chi connectivity index (χ0n) is 16.5. The van der Waals surface area contributed by atoms with Crippen LogP contribution in [0.3, 0.4) is 0 Å². The van der Waals surface area contributed by atoms with Crippen molar-refractivity contribution in [2.45, 2.75) is 4.87 Å². The Hall–Kier alpha value is -3.13. The number of hydrogen-bond acceptors (Lipinski definition) is 1. The number of rotatable bonds is 2. The molecule has 3 heteroatoms. The predicted octanol–water partition coefficient (Wildman–Crippen LogP) is 8.07. The molecule has 1 nitrogen and oxygen atoms in total. The van der Waals surface area contributed by atoms with Crippen LogP contribution in [0.1, 0.15) is 16.7 Å². The first-order valence-corrected chi connectivity index (χ1v) is 11.0. The first-order valence-electron chi connectivity index (χ1n) is 10.2. The number of hydrogen-bond donors (Lipinski definition) is 0. The molecule has 0 bridgehead atoms. The van der Waals surface area contributed by atoms with Crippen LogP contribution in [0.25, 0.3) is 33.3 Å². The van der Waals surface area contributed by atoms with Crippen molar-refractivity contribution in [3.05, 3.63) is 125 Å². The fourth-order valence-corrected chi connectivity index (χ4v) is 5.42. The van der Waals surface area contributed by atoms with Crippen LogP contribution in [0.2, 0.25) is 5.02 Å². The number of aromatic nitrogens is 1. The normalized spacial score (nSPS) is 16.8. The van der Waals surface area contributed by atoms with Crippen LogP contribution in [-0.2, 0) is 4.87 Å². The van der Waals surface area contributed by atoms with Crippen molar-refractivity contribution in [2.75, 3.05) is 0 Å². The molecule has 6 rings (SSSR count). The Morgan fingerprint density at radius 3 is 2.16 bits per heavy atom. The average Bonchev–Trinajstić information content (AvgIpc) is 3.10. The fraction of sp³-hybridized carbons (Fsp3) is 0.0357. The molecule has 31 heavy (non-hydrogen) atoms. The standard InChI is InChI=1S/C28H17Cl2N/c29-20-15-16-24-22(17-20)26-25(27(31-24)18-9-3-1-4-10-18)21-13-7-8-14-23(21)28(26,30)19-11-5-2-6-12-19/h1-17H. The fourth-order valence-electron chi connectivity index (χ4n) is 4.76. The summed E-state index contributed by atoms with van der Waals surface area (Å²) in [5.74, 6) is 0. The monoisotopic (exact) mass is 437 g/mol. The Balaban J connectivity index is 1.84. The molecule has 0 spiro atoms. The molecule has 1 atom stereocenters. The second-order valence-electron chi connectivity index (χ2n) is 7.81. The highest BCUT2D eigenvalue weighted by atomic mass is 35.5. The van der Waals surface area contributed by atoms with Crippen molar-refractivity contribution in [3.8, 4) is 22.4 Å². The third-order valence-electron chi connectivity index (χ3n) is 6.08. The van der Waals surface area contributed by atoms with Gasteiger partial charge in [0.2, 0.25) is 0 Å². The highest BCUT2D eigenvalue weighted by molar-refractivity contribution is 6.33. The van der Waals surface area contributed by atoms with E-state index in [1.54, 1.807) is 0 Å². The number of benzene rings is 4. The average molecular weight is 438 g/mol. The quantitative estimate of drug-likeness (QED) is 0.254. The predicted molar refractivity (Wildman–Crippen MR) is 130 cm³/mol. The molecule has 0 amide bonds. The van der Waals surface area contributed by atoms with Gasteiger partial charge in [-0.15, -0.1) is 11.6 Å². The molecule has 0 N–H and O–H groups in total. The summed E-state index contributed by atoms with van der Waals surface area (Å²) in [5, 5.41) is 1.66. The van der Waals surface area contributed by atoms with Crippen LogP contribution in [0.15, 0.2) is 103 Å². The minimum atomic E-state index is -0.831. The lowest BCUT2D eigenvalue weighted by atomic mass is 9.86. The molecule has 4 aromatic carbocycles. The van der Waals surface area contributed by atoms with Gasteiger partial charge < -0.3 is 0 Å². The van der Waals surface area contributed by atoms with Crippen LogP contribution in [0.4, 0.5) is 0 Å². The summed E-state index contributed by atoms with van der Waals surface area (Å²) < 4.78 is 0. The van der Waals surface area contributed by atoms with Crippen molar-refractivity contribution in [1.82, 2.24) is 4.98 Å². The van der Waals surface area contributed by atoms with Gasteiger partial charge in [0.05, 0.1) is 11.2 Å². The van der Waals surface area contributed by atoms with Gasteiger partial charge in [-0.05, 0) is 34.9 Å². The molecular weight excluding hydrogens is 421 g/mol. The largest absolute Gasteiger partial charge is 0.247 e. The highest BCUT2D eigenvalue weighted by Gasteiger charge is 2.46. The summed E-state index contributed by atoms with van der Waals surface area (Å²) in [4.78, 5) is 4.27. The van der Waals surface area contributed by atoms with Gasteiger partial charge in [-0.3, -0.25) is 0 Å². The second kappa shape index (κ2) is 6.95. The number of pyridine rings is 1. The molecule has 0 saturated carbocycles. The molecule has 1 aliphatic carbocycles. The molecule has 1 unspecified atom stereocenters. The van der Waals surface area contributed by atoms with Crippen molar-refractivity contribution < 1.29 is 0 Å². The molecule has 0 saturated heterocycles. The minimum absolute atomic E-state index is 0.673. The van der Waals surface area contributed by atoms with E-state index in [9.17, 15) is 0 Å². The molecule has 1 aliphatic rings. The van der Waals surface area contributed by atoms with Gasteiger partial charge in [0.25, 0.3) is 0 Å². The van der Waals surface area contributed by atoms with Gasteiger partial charge in [-0.2, -0.15) is 0 Å². The molecule has 5 aromatic rings. The first-order chi connectivity index (χ1) is 15.2. The summed E-state index contributed by atoms with van der Waals surface area (Å²) in [6.07, 6.45) is 0.